The second kappa shape index (κ2) is 10.5. The first-order chi connectivity index (χ1) is 10.7. The highest BCUT2D eigenvalue weighted by Gasteiger charge is 2.17. The second-order valence-electron chi connectivity index (χ2n) is 5.78. The largest absolute Gasteiger partial charge is 0.356 e. The molecule has 0 radical (unpaired) electrons. The maximum Gasteiger partial charge on any atom is 0.224 e. The maximum atomic E-state index is 12.0. The lowest BCUT2D eigenvalue weighted by molar-refractivity contribution is -0.129. The standard InChI is InChI=1S/C17H26N4O.HI/c1-20(2)17(19-14-15-8-4-3-5-9-15)18-11-10-16(22)21-12-6-7-13-21;/h3-5,8-9H,6-7,10-14H2,1-2H3,(H,18,19);1H. The fourth-order valence-electron chi connectivity index (χ4n) is 2.51. The van der Waals surface area contributed by atoms with Crippen molar-refractivity contribution in [2.75, 3.05) is 33.7 Å². The number of carbonyl (C=O) groups excluding carboxylic acids is 1. The molecule has 0 saturated carbocycles. The monoisotopic (exact) mass is 430 g/mol. The average molecular weight is 430 g/mol. The first-order valence-electron chi connectivity index (χ1n) is 7.94. The van der Waals surface area contributed by atoms with Gasteiger partial charge in [0.05, 0.1) is 6.54 Å². The van der Waals surface area contributed by atoms with Crippen LogP contribution < -0.4 is 5.32 Å². The number of likely N-dealkylation sites (tertiary alicyclic amines) is 1. The third-order valence-corrected chi connectivity index (χ3v) is 3.76. The van der Waals surface area contributed by atoms with Crippen LogP contribution in [0.4, 0.5) is 0 Å². The van der Waals surface area contributed by atoms with E-state index in [1.807, 2.05) is 42.1 Å². The van der Waals surface area contributed by atoms with E-state index in [9.17, 15) is 4.79 Å². The maximum absolute atomic E-state index is 12.0. The molecule has 1 aliphatic heterocycles. The molecular weight excluding hydrogens is 403 g/mol. The molecule has 5 nitrogen and oxygen atoms in total. The van der Waals surface area contributed by atoms with Crippen LogP contribution in [0.25, 0.3) is 0 Å². The molecule has 1 saturated heterocycles. The minimum Gasteiger partial charge on any atom is -0.356 e. The van der Waals surface area contributed by atoms with Crippen molar-refractivity contribution in [3.63, 3.8) is 0 Å². The van der Waals surface area contributed by atoms with Crippen molar-refractivity contribution in [1.82, 2.24) is 15.1 Å². The summed E-state index contributed by atoms with van der Waals surface area (Å²) in [6, 6.07) is 10.2. The molecular formula is C17H27IN4O. The van der Waals surface area contributed by atoms with Gasteiger partial charge in [-0.1, -0.05) is 30.3 Å². The van der Waals surface area contributed by atoms with Gasteiger partial charge in [-0.3, -0.25) is 4.79 Å². The Morgan fingerprint density at radius 2 is 1.87 bits per heavy atom. The van der Waals surface area contributed by atoms with Crippen LogP contribution in [0.5, 0.6) is 0 Å². The van der Waals surface area contributed by atoms with Crippen LogP contribution >= 0.6 is 24.0 Å². The highest BCUT2D eigenvalue weighted by molar-refractivity contribution is 14.0. The summed E-state index contributed by atoms with van der Waals surface area (Å²) in [5.74, 6) is 1.06. The molecule has 0 aliphatic carbocycles. The van der Waals surface area contributed by atoms with Crippen molar-refractivity contribution in [2.45, 2.75) is 25.8 Å². The summed E-state index contributed by atoms with van der Waals surface area (Å²) in [5.41, 5.74) is 1.18. The van der Waals surface area contributed by atoms with Gasteiger partial charge < -0.3 is 15.1 Å². The van der Waals surface area contributed by atoms with Crippen molar-refractivity contribution < 1.29 is 4.79 Å². The molecule has 0 unspecified atom stereocenters. The molecule has 1 fully saturated rings. The number of nitrogens with one attached hydrogen (secondary N) is 1. The number of hydrogen-bond acceptors (Lipinski definition) is 2. The summed E-state index contributed by atoms with van der Waals surface area (Å²) in [6.07, 6.45) is 2.81. The van der Waals surface area contributed by atoms with Crippen LogP contribution in [0, 0.1) is 0 Å². The molecule has 1 amide bonds. The van der Waals surface area contributed by atoms with E-state index in [1.54, 1.807) is 0 Å². The number of hydrogen-bond donors (Lipinski definition) is 1. The van der Waals surface area contributed by atoms with Crippen molar-refractivity contribution in [3.05, 3.63) is 35.9 Å². The van der Waals surface area contributed by atoms with Crippen LogP contribution in [0.2, 0.25) is 0 Å². The van der Waals surface area contributed by atoms with Crippen molar-refractivity contribution in [1.29, 1.82) is 0 Å². The van der Waals surface area contributed by atoms with E-state index in [2.05, 4.69) is 22.4 Å². The highest BCUT2D eigenvalue weighted by atomic mass is 127. The Labute approximate surface area is 156 Å². The lowest BCUT2D eigenvalue weighted by Gasteiger charge is -2.19. The first kappa shape index (κ1) is 19.7. The highest BCUT2D eigenvalue weighted by Crippen LogP contribution is 2.08. The number of rotatable bonds is 5. The predicted octanol–water partition coefficient (Wildman–Crippen LogP) is 2.32. The molecule has 0 bridgehead atoms. The lowest BCUT2D eigenvalue weighted by Crippen LogP contribution is -2.39. The van der Waals surface area contributed by atoms with Gasteiger partial charge in [0.1, 0.15) is 0 Å². The normalized spacial score (nSPS) is 14.3. The fraction of sp³-hybridized carbons (Fsp3) is 0.529. The Bertz CT molecular complexity index is 499. The number of guanidine groups is 1. The van der Waals surface area contributed by atoms with Gasteiger partial charge in [0.2, 0.25) is 5.91 Å². The number of nitrogens with zero attached hydrogens (tertiary/aromatic N) is 3. The summed E-state index contributed by atoms with van der Waals surface area (Å²) in [4.78, 5) is 20.5. The Balaban J connectivity index is 0.00000264. The Kier molecular flexibility index (Phi) is 8.98. The van der Waals surface area contributed by atoms with Gasteiger partial charge in [-0.05, 0) is 18.4 Å². The van der Waals surface area contributed by atoms with Gasteiger partial charge in [0.25, 0.3) is 0 Å². The van der Waals surface area contributed by atoms with Gasteiger partial charge in [0, 0.05) is 40.2 Å². The van der Waals surface area contributed by atoms with Crippen molar-refractivity contribution >= 4 is 35.8 Å². The van der Waals surface area contributed by atoms with Crippen molar-refractivity contribution in [3.8, 4) is 0 Å². The molecule has 0 spiro atoms. The quantitative estimate of drug-likeness (QED) is 0.443. The first-order valence-corrected chi connectivity index (χ1v) is 7.94. The van der Waals surface area contributed by atoms with Gasteiger partial charge in [0.15, 0.2) is 5.96 Å². The van der Waals surface area contributed by atoms with Crippen molar-refractivity contribution in [2.24, 2.45) is 4.99 Å². The number of benzene rings is 1. The summed E-state index contributed by atoms with van der Waals surface area (Å²) >= 11 is 0. The van der Waals surface area contributed by atoms with E-state index < -0.39 is 0 Å². The lowest BCUT2D eigenvalue weighted by atomic mass is 10.2. The zero-order chi connectivity index (χ0) is 15.8. The van der Waals surface area contributed by atoms with Crippen LogP contribution in [-0.4, -0.2) is 55.4 Å². The number of halogens is 1. The molecule has 0 aromatic heterocycles. The molecule has 1 heterocycles. The molecule has 0 atom stereocenters. The van der Waals surface area contributed by atoms with Crippen LogP contribution in [0.3, 0.4) is 0 Å². The third-order valence-electron chi connectivity index (χ3n) is 3.76. The topological polar surface area (TPSA) is 47.9 Å². The van der Waals surface area contributed by atoms with Crippen LogP contribution in [0.15, 0.2) is 35.3 Å². The predicted molar refractivity (Wildman–Crippen MR) is 105 cm³/mol. The molecule has 1 aromatic carbocycles. The fourth-order valence-corrected chi connectivity index (χ4v) is 2.51. The second-order valence-corrected chi connectivity index (χ2v) is 5.78. The molecule has 1 aromatic rings. The molecule has 2 rings (SSSR count). The molecule has 6 heteroatoms. The van der Waals surface area contributed by atoms with E-state index >= 15 is 0 Å². The molecule has 128 valence electrons. The Morgan fingerprint density at radius 3 is 2.48 bits per heavy atom. The van der Waals surface area contributed by atoms with E-state index in [0.29, 0.717) is 19.5 Å². The Hall–Kier alpha value is -1.31. The third kappa shape index (κ3) is 6.76. The van der Waals surface area contributed by atoms with E-state index in [0.717, 1.165) is 31.9 Å². The Morgan fingerprint density at radius 1 is 1.22 bits per heavy atom. The van der Waals surface area contributed by atoms with Crippen LogP contribution in [-0.2, 0) is 11.3 Å². The zero-order valence-corrected chi connectivity index (χ0v) is 16.3. The summed E-state index contributed by atoms with van der Waals surface area (Å²) < 4.78 is 0. The van der Waals surface area contributed by atoms with Gasteiger partial charge in [-0.2, -0.15) is 0 Å². The minimum atomic E-state index is 0. The summed E-state index contributed by atoms with van der Waals surface area (Å²) in [6.45, 7) is 3.10. The minimum absolute atomic E-state index is 0. The van der Waals surface area contributed by atoms with E-state index in [4.69, 9.17) is 0 Å². The van der Waals surface area contributed by atoms with Gasteiger partial charge in [-0.15, -0.1) is 24.0 Å². The molecule has 1 N–H and O–H groups in total. The smallest absolute Gasteiger partial charge is 0.224 e. The number of carbonyl (C=O) groups is 1. The SMILES string of the molecule is CN(C)C(=NCc1ccccc1)NCCC(=O)N1CCCC1.I. The van der Waals surface area contributed by atoms with Gasteiger partial charge >= 0.3 is 0 Å². The number of amides is 1. The van der Waals surface area contributed by atoms with Gasteiger partial charge in [-0.25, -0.2) is 4.99 Å². The molecule has 23 heavy (non-hydrogen) atoms. The summed E-state index contributed by atoms with van der Waals surface area (Å²) in [5, 5.41) is 3.27. The summed E-state index contributed by atoms with van der Waals surface area (Å²) in [7, 11) is 3.91. The van der Waals surface area contributed by atoms with E-state index in [1.165, 1.54) is 5.56 Å². The average Bonchev–Trinajstić information content (AvgIpc) is 3.05. The zero-order valence-electron chi connectivity index (χ0n) is 14.0. The molecule has 1 aliphatic rings. The van der Waals surface area contributed by atoms with Crippen LogP contribution in [0.1, 0.15) is 24.8 Å². The number of aliphatic imine (C=N–C) groups is 1. The van der Waals surface area contributed by atoms with E-state index in [-0.39, 0.29) is 29.9 Å².